The van der Waals surface area contributed by atoms with Gasteiger partial charge in [0.25, 0.3) is 0 Å². The number of carbonyl (C=O) groups is 3. The molecule has 0 aliphatic heterocycles. The van der Waals surface area contributed by atoms with E-state index >= 15 is 0 Å². The standard InChI is InChI=1S/C75H138O6/c1-4-7-10-13-16-19-22-25-28-31-33-35-36-37-38-40-41-44-47-50-53-56-59-62-65-68-74(77)80-71-72(70-79-73(76)67-64-61-58-55-52-49-46-43-30-27-24-21-18-15-12-9-6-3)81-75(78)69-66-63-60-57-54-51-48-45-42-39-34-32-29-26-23-20-17-14-11-8-5-2/h23,26-27,30-34,72H,4-22,24-25,28-29,35-71H2,1-3H3/b26-23-,30-27-,33-31-,34-32-. The zero-order chi connectivity index (χ0) is 58.5. The molecule has 0 aliphatic carbocycles. The van der Waals surface area contributed by atoms with Gasteiger partial charge in [-0.1, -0.05) is 320 Å². The first kappa shape index (κ1) is 78.4. The molecule has 0 saturated heterocycles. The van der Waals surface area contributed by atoms with E-state index in [4.69, 9.17) is 14.2 Å². The molecular weight excluding hydrogens is 997 g/mol. The van der Waals surface area contributed by atoms with Crippen molar-refractivity contribution in [3.63, 3.8) is 0 Å². The Morgan fingerprint density at radius 2 is 0.444 bits per heavy atom. The monoisotopic (exact) mass is 1140 g/mol. The fraction of sp³-hybridized carbons (Fsp3) is 0.853. The summed E-state index contributed by atoms with van der Waals surface area (Å²) >= 11 is 0. The zero-order valence-corrected chi connectivity index (χ0v) is 54.6. The van der Waals surface area contributed by atoms with Crippen LogP contribution in [-0.2, 0) is 28.6 Å². The maximum absolute atomic E-state index is 13.0. The summed E-state index contributed by atoms with van der Waals surface area (Å²) in [7, 11) is 0. The van der Waals surface area contributed by atoms with Crippen LogP contribution in [0.2, 0.25) is 0 Å². The summed E-state index contributed by atoms with van der Waals surface area (Å²) in [5.74, 6) is -0.855. The van der Waals surface area contributed by atoms with Crippen molar-refractivity contribution in [1.29, 1.82) is 0 Å². The highest BCUT2D eigenvalue weighted by Crippen LogP contribution is 2.18. The van der Waals surface area contributed by atoms with Crippen LogP contribution in [-0.4, -0.2) is 37.2 Å². The predicted octanol–water partition coefficient (Wildman–Crippen LogP) is 24.9. The molecule has 0 N–H and O–H groups in total. The van der Waals surface area contributed by atoms with Gasteiger partial charge >= 0.3 is 17.9 Å². The van der Waals surface area contributed by atoms with E-state index in [1.165, 1.54) is 289 Å². The molecule has 1 atom stereocenters. The Bertz CT molecular complexity index is 1400. The minimum atomic E-state index is -0.778. The molecule has 6 nitrogen and oxygen atoms in total. The molecule has 0 bridgehead atoms. The van der Waals surface area contributed by atoms with Gasteiger partial charge in [-0.25, -0.2) is 0 Å². The molecule has 6 heteroatoms. The van der Waals surface area contributed by atoms with Gasteiger partial charge in [-0.05, 0) is 103 Å². The smallest absolute Gasteiger partial charge is 0.306 e. The quantitative estimate of drug-likeness (QED) is 0.0261. The van der Waals surface area contributed by atoms with Crippen LogP contribution in [0.5, 0.6) is 0 Å². The summed E-state index contributed by atoms with van der Waals surface area (Å²) in [6.45, 7) is 6.69. The highest BCUT2D eigenvalue weighted by atomic mass is 16.6. The molecule has 81 heavy (non-hydrogen) atoms. The van der Waals surface area contributed by atoms with E-state index in [-0.39, 0.29) is 31.1 Å². The van der Waals surface area contributed by atoms with E-state index in [1.54, 1.807) is 0 Å². The van der Waals surface area contributed by atoms with Gasteiger partial charge in [0.05, 0.1) is 0 Å². The number of rotatable bonds is 67. The van der Waals surface area contributed by atoms with Crippen LogP contribution in [0.1, 0.15) is 393 Å². The van der Waals surface area contributed by atoms with Crippen molar-refractivity contribution in [2.24, 2.45) is 0 Å². The van der Waals surface area contributed by atoms with Crippen molar-refractivity contribution in [1.82, 2.24) is 0 Å². The number of carbonyl (C=O) groups excluding carboxylic acids is 3. The topological polar surface area (TPSA) is 78.9 Å². The number of esters is 3. The molecule has 0 heterocycles. The lowest BCUT2D eigenvalue weighted by Gasteiger charge is -2.18. The van der Waals surface area contributed by atoms with Crippen molar-refractivity contribution in [2.45, 2.75) is 399 Å². The number of allylic oxidation sites excluding steroid dienone is 8. The number of unbranched alkanes of at least 4 members (excludes halogenated alkanes) is 48. The average molecular weight is 1140 g/mol. The number of hydrogen-bond donors (Lipinski definition) is 0. The summed E-state index contributed by atoms with van der Waals surface area (Å²) < 4.78 is 17.0. The second-order valence-corrected chi connectivity index (χ2v) is 24.5. The lowest BCUT2D eigenvalue weighted by molar-refractivity contribution is -0.167. The molecule has 0 saturated carbocycles. The molecule has 474 valence electrons. The van der Waals surface area contributed by atoms with Gasteiger partial charge in [0.15, 0.2) is 6.10 Å². The number of hydrogen-bond acceptors (Lipinski definition) is 6. The summed E-state index contributed by atoms with van der Waals surface area (Å²) in [6, 6.07) is 0. The fourth-order valence-corrected chi connectivity index (χ4v) is 10.8. The molecule has 1 unspecified atom stereocenters. The Morgan fingerprint density at radius 3 is 0.691 bits per heavy atom. The lowest BCUT2D eigenvalue weighted by Crippen LogP contribution is -2.30. The Hall–Kier alpha value is -2.63. The van der Waals surface area contributed by atoms with Crippen LogP contribution < -0.4 is 0 Å². The Balaban J connectivity index is 4.31. The van der Waals surface area contributed by atoms with Gasteiger partial charge in [-0.2, -0.15) is 0 Å². The first-order chi connectivity index (χ1) is 40.0. The molecule has 0 aliphatic rings. The highest BCUT2D eigenvalue weighted by Gasteiger charge is 2.19. The minimum Gasteiger partial charge on any atom is -0.462 e. The summed E-state index contributed by atoms with van der Waals surface area (Å²) in [6.07, 6.45) is 88.5. The van der Waals surface area contributed by atoms with Crippen LogP contribution in [0.3, 0.4) is 0 Å². The summed E-state index contributed by atoms with van der Waals surface area (Å²) in [4.78, 5) is 38.5. The fourth-order valence-electron chi connectivity index (χ4n) is 10.8. The van der Waals surface area contributed by atoms with Crippen molar-refractivity contribution >= 4 is 17.9 Å². The van der Waals surface area contributed by atoms with E-state index in [9.17, 15) is 14.4 Å². The Kier molecular flexibility index (Phi) is 67.6. The molecule has 0 aromatic carbocycles. The molecule has 0 fully saturated rings. The molecule has 0 aromatic rings. The van der Waals surface area contributed by atoms with Gasteiger partial charge in [0.2, 0.25) is 0 Å². The van der Waals surface area contributed by atoms with Crippen LogP contribution in [0.25, 0.3) is 0 Å². The van der Waals surface area contributed by atoms with Crippen LogP contribution in [0.4, 0.5) is 0 Å². The van der Waals surface area contributed by atoms with Crippen LogP contribution in [0, 0.1) is 0 Å². The maximum Gasteiger partial charge on any atom is 0.306 e. The van der Waals surface area contributed by atoms with Gasteiger partial charge in [-0.15, -0.1) is 0 Å². The molecule has 0 spiro atoms. The molecule has 0 aromatic heterocycles. The lowest BCUT2D eigenvalue weighted by atomic mass is 10.0. The minimum absolute atomic E-state index is 0.0729. The first-order valence-corrected chi connectivity index (χ1v) is 36.1. The van der Waals surface area contributed by atoms with Crippen molar-refractivity contribution < 1.29 is 28.6 Å². The molecule has 0 amide bonds. The van der Waals surface area contributed by atoms with E-state index in [2.05, 4.69) is 69.4 Å². The van der Waals surface area contributed by atoms with E-state index < -0.39 is 6.10 Å². The van der Waals surface area contributed by atoms with Crippen molar-refractivity contribution in [3.8, 4) is 0 Å². The van der Waals surface area contributed by atoms with Crippen molar-refractivity contribution in [2.75, 3.05) is 13.2 Å². The third kappa shape index (κ3) is 68.0. The third-order valence-electron chi connectivity index (χ3n) is 16.3. The second kappa shape index (κ2) is 69.9. The van der Waals surface area contributed by atoms with Gasteiger partial charge in [0, 0.05) is 19.3 Å². The van der Waals surface area contributed by atoms with E-state index in [1.807, 2.05) is 0 Å². The molecule has 0 radical (unpaired) electrons. The summed E-state index contributed by atoms with van der Waals surface area (Å²) in [5, 5.41) is 0. The van der Waals surface area contributed by atoms with Gasteiger partial charge in [0.1, 0.15) is 13.2 Å². The SMILES string of the molecule is CCCCCCC/C=C\C/C=C\CCCCCCCCCCCC(=O)OC(COC(=O)CCCCCCCCC/C=C\CCCCCCCC)COC(=O)CCCCCCCCCCCCCCC/C=C\CCCCCCCCCC. The third-order valence-corrected chi connectivity index (χ3v) is 16.3. The van der Waals surface area contributed by atoms with E-state index in [0.29, 0.717) is 19.3 Å². The second-order valence-electron chi connectivity index (χ2n) is 24.5. The molecular formula is C75H138O6. The predicted molar refractivity (Wildman–Crippen MR) is 353 cm³/mol. The largest absolute Gasteiger partial charge is 0.462 e. The highest BCUT2D eigenvalue weighted by molar-refractivity contribution is 5.71. The average Bonchev–Trinajstić information content (AvgIpc) is 3.47. The Morgan fingerprint density at radius 1 is 0.247 bits per heavy atom. The Labute approximate surface area is 505 Å². The zero-order valence-electron chi connectivity index (χ0n) is 54.6. The number of ether oxygens (including phenoxy) is 3. The van der Waals surface area contributed by atoms with Crippen LogP contribution in [0.15, 0.2) is 48.6 Å². The van der Waals surface area contributed by atoms with Crippen molar-refractivity contribution in [3.05, 3.63) is 48.6 Å². The first-order valence-electron chi connectivity index (χ1n) is 36.1. The molecule has 0 rings (SSSR count). The normalized spacial score (nSPS) is 12.3. The maximum atomic E-state index is 13.0. The summed E-state index contributed by atoms with van der Waals surface area (Å²) in [5.41, 5.74) is 0. The van der Waals surface area contributed by atoms with Gasteiger partial charge in [-0.3, -0.25) is 14.4 Å². The van der Waals surface area contributed by atoms with E-state index in [0.717, 1.165) is 64.2 Å². The van der Waals surface area contributed by atoms with Gasteiger partial charge < -0.3 is 14.2 Å². The van der Waals surface area contributed by atoms with Crippen LogP contribution >= 0.6 is 0 Å².